The quantitative estimate of drug-likeness (QED) is 0.887. The van der Waals surface area contributed by atoms with Gasteiger partial charge in [0.15, 0.2) is 0 Å². The van der Waals surface area contributed by atoms with Gasteiger partial charge in [-0.25, -0.2) is 0 Å². The Morgan fingerprint density at radius 3 is 2.38 bits per heavy atom. The summed E-state index contributed by atoms with van der Waals surface area (Å²) in [6.07, 6.45) is 2.32. The summed E-state index contributed by atoms with van der Waals surface area (Å²) in [6.45, 7) is 4.67. The van der Waals surface area contributed by atoms with Crippen LogP contribution in [0.2, 0.25) is 0 Å². The van der Waals surface area contributed by atoms with Gasteiger partial charge in [-0.2, -0.15) is 0 Å². The first-order valence-corrected chi connectivity index (χ1v) is 7.43. The molecule has 1 saturated heterocycles. The first-order valence-electron chi connectivity index (χ1n) is 7.43. The van der Waals surface area contributed by atoms with E-state index in [4.69, 9.17) is 0 Å². The van der Waals surface area contributed by atoms with E-state index in [1.54, 1.807) is 31.3 Å². The van der Waals surface area contributed by atoms with Crippen molar-refractivity contribution < 1.29 is 9.59 Å². The van der Waals surface area contributed by atoms with Gasteiger partial charge in [0.1, 0.15) is 0 Å². The maximum atomic E-state index is 12.0. The van der Waals surface area contributed by atoms with Gasteiger partial charge < -0.3 is 10.6 Å². The Labute approximate surface area is 125 Å². The number of amides is 2. The number of rotatable bonds is 4. The smallest absolute Gasteiger partial charge is 0.251 e. The number of benzene rings is 1. The number of carbonyl (C=O) groups is 2. The zero-order valence-electron chi connectivity index (χ0n) is 12.7. The van der Waals surface area contributed by atoms with Gasteiger partial charge in [-0.1, -0.05) is 6.92 Å². The van der Waals surface area contributed by atoms with Crippen LogP contribution in [0.25, 0.3) is 0 Å². The highest BCUT2D eigenvalue weighted by Gasteiger charge is 2.17. The molecule has 0 bridgehead atoms. The van der Waals surface area contributed by atoms with Crippen molar-refractivity contribution in [3.63, 3.8) is 0 Å². The summed E-state index contributed by atoms with van der Waals surface area (Å²) >= 11 is 0. The fourth-order valence-corrected chi connectivity index (χ4v) is 2.47. The number of hydrogen-bond acceptors (Lipinski definition) is 3. The number of nitrogens with zero attached hydrogens (tertiary/aromatic N) is 1. The number of nitrogens with one attached hydrogen (secondary N) is 2. The topological polar surface area (TPSA) is 61.4 Å². The van der Waals surface area contributed by atoms with Crippen LogP contribution in [0.5, 0.6) is 0 Å². The van der Waals surface area contributed by atoms with Gasteiger partial charge in [0.2, 0.25) is 5.91 Å². The van der Waals surface area contributed by atoms with E-state index in [2.05, 4.69) is 22.5 Å². The second-order valence-corrected chi connectivity index (χ2v) is 5.66. The van der Waals surface area contributed by atoms with Gasteiger partial charge in [0.25, 0.3) is 5.91 Å². The predicted octanol–water partition coefficient (Wildman–Crippen LogP) is 1.72. The second-order valence-electron chi connectivity index (χ2n) is 5.66. The normalized spacial score (nSPS) is 16.5. The van der Waals surface area contributed by atoms with Gasteiger partial charge in [-0.05, 0) is 56.1 Å². The van der Waals surface area contributed by atoms with Gasteiger partial charge in [-0.3, -0.25) is 14.5 Å². The van der Waals surface area contributed by atoms with Crippen molar-refractivity contribution in [2.75, 3.05) is 32.0 Å². The molecule has 2 N–H and O–H groups in total. The molecule has 1 heterocycles. The lowest BCUT2D eigenvalue weighted by Crippen LogP contribution is -2.38. The SMILES string of the molecule is CNC(=O)c1ccc(NC(=O)CN2CCC(C)CC2)cc1. The van der Waals surface area contributed by atoms with Crippen LogP contribution in [0.15, 0.2) is 24.3 Å². The molecule has 0 saturated carbocycles. The molecule has 0 unspecified atom stereocenters. The van der Waals surface area contributed by atoms with Crippen LogP contribution in [0, 0.1) is 5.92 Å². The average Bonchev–Trinajstić information content (AvgIpc) is 2.49. The largest absolute Gasteiger partial charge is 0.355 e. The molecule has 114 valence electrons. The van der Waals surface area contributed by atoms with Crippen LogP contribution in [0.3, 0.4) is 0 Å². The minimum atomic E-state index is -0.129. The van der Waals surface area contributed by atoms with Crippen molar-refractivity contribution >= 4 is 17.5 Å². The standard InChI is InChI=1S/C16H23N3O2/c1-12-7-9-19(10-8-12)11-15(20)18-14-5-3-13(4-6-14)16(21)17-2/h3-6,12H,7-11H2,1-2H3,(H,17,21)(H,18,20). The van der Waals surface area contributed by atoms with Crippen molar-refractivity contribution in [1.29, 1.82) is 0 Å². The third-order valence-corrected chi connectivity index (χ3v) is 3.90. The van der Waals surface area contributed by atoms with Crippen LogP contribution >= 0.6 is 0 Å². The number of anilines is 1. The third-order valence-electron chi connectivity index (χ3n) is 3.90. The number of piperidine rings is 1. The molecule has 0 spiro atoms. The van der Waals surface area contributed by atoms with Gasteiger partial charge in [0, 0.05) is 18.3 Å². The fraction of sp³-hybridized carbons (Fsp3) is 0.500. The molecular formula is C16H23N3O2. The van der Waals surface area contributed by atoms with Crippen molar-refractivity contribution in [3.8, 4) is 0 Å². The van der Waals surface area contributed by atoms with E-state index in [9.17, 15) is 9.59 Å². The Hall–Kier alpha value is -1.88. The molecule has 2 amide bonds. The summed E-state index contributed by atoms with van der Waals surface area (Å²) in [4.78, 5) is 25.6. The molecule has 0 aliphatic carbocycles. The third kappa shape index (κ3) is 4.56. The van der Waals surface area contributed by atoms with E-state index in [1.165, 1.54) is 0 Å². The summed E-state index contributed by atoms with van der Waals surface area (Å²) in [5, 5.41) is 5.44. The molecule has 2 rings (SSSR count). The van der Waals surface area contributed by atoms with E-state index in [0.717, 1.165) is 37.5 Å². The summed E-state index contributed by atoms with van der Waals surface area (Å²) < 4.78 is 0. The van der Waals surface area contributed by atoms with Crippen molar-refractivity contribution in [2.24, 2.45) is 5.92 Å². The van der Waals surface area contributed by atoms with E-state index < -0.39 is 0 Å². The highest BCUT2D eigenvalue weighted by Crippen LogP contribution is 2.16. The zero-order chi connectivity index (χ0) is 15.2. The van der Waals surface area contributed by atoms with Crippen LogP contribution in [0.4, 0.5) is 5.69 Å². The van der Waals surface area contributed by atoms with E-state index in [1.807, 2.05) is 0 Å². The molecule has 1 aromatic rings. The minimum absolute atomic E-state index is 0.00255. The number of hydrogen-bond donors (Lipinski definition) is 2. The van der Waals surface area contributed by atoms with Crippen molar-refractivity contribution in [2.45, 2.75) is 19.8 Å². The van der Waals surface area contributed by atoms with E-state index >= 15 is 0 Å². The molecule has 1 aromatic carbocycles. The summed E-state index contributed by atoms with van der Waals surface area (Å²) in [5.41, 5.74) is 1.30. The molecule has 1 aliphatic heterocycles. The maximum absolute atomic E-state index is 12.0. The summed E-state index contributed by atoms with van der Waals surface area (Å²) in [7, 11) is 1.59. The van der Waals surface area contributed by atoms with Crippen LogP contribution in [0.1, 0.15) is 30.1 Å². The monoisotopic (exact) mass is 289 g/mol. The maximum Gasteiger partial charge on any atom is 0.251 e. The van der Waals surface area contributed by atoms with E-state index in [-0.39, 0.29) is 11.8 Å². The van der Waals surface area contributed by atoms with Crippen LogP contribution in [-0.4, -0.2) is 43.4 Å². The van der Waals surface area contributed by atoms with Crippen LogP contribution in [-0.2, 0) is 4.79 Å². The Kier molecular flexibility index (Phi) is 5.33. The molecule has 1 aliphatic rings. The van der Waals surface area contributed by atoms with Gasteiger partial charge in [0.05, 0.1) is 6.54 Å². The lowest BCUT2D eigenvalue weighted by molar-refractivity contribution is -0.117. The van der Waals surface area contributed by atoms with Crippen molar-refractivity contribution in [1.82, 2.24) is 10.2 Å². The molecule has 5 heteroatoms. The predicted molar refractivity (Wildman–Crippen MR) is 83.3 cm³/mol. The van der Waals surface area contributed by atoms with Crippen LogP contribution < -0.4 is 10.6 Å². The number of carbonyl (C=O) groups excluding carboxylic acids is 2. The minimum Gasteiger partial charge on any atom is -0.355 e. The zero-order valence-corrected chi connectivity index (χ0v) is 12.7. The highest BCUT2D eigenvalue weighted by molar-refractivity contribution is 5.96. The molecule has 0 atom stereocenters. The fourth-order valence-electron chi connectivity index (χ4n) is 2.47. The average molecular weight is 289 g/mol. The summed E-state index contributed by atoms with van der Waals surface area (Å²) in [5.74, 6) is 0.633. The lowest BCUT2D eigenvalue weighted by Gasteiger charge is -2.29. The lowest BCUT2D eigenvalue weighted by atomic mass is 9.99. The van der Waals surface area contributed by atoms with Gasteiger partial charge in [-0.15, -0.1) is 0 Å². The Balaban J connectivity index is 1.83. The molecule has 21 heavy (non-hydrogen) atoms. The molecule has 5 nitrogen and oxygen atoms in total. The molecule has 1 fully saturated rings. The Morgan fingerprint density at radius 1 is 1.19 bits per heavy atom. The summed E-state index contributed by atoms with van der Waals surface area (Å²) in [6, 6.07) is 6.91. The molecular weight excluding hydrogens is 266 g/mol. The highest BCUT2D eigenvalue weighted by atomic mass is 16.2. The molecule has 0 aromatic heterocycles. The Morgan fingerprint density at radius 2 is 1.81 bits per heavy atom. The number of likely N-dealkylation sites (tertiary alicyclic amines) is 1. The Bertz CT molecular complexity index is 491. The first kappa shape index (κ1) is 15.5. The van der Waals surface area contributed by atoms with Crippen molar-refractivity contribution in [3.05, 3.63) is 29.8 Å². The molecule has 0 radical (unpaired) electrons. The van der Waals surface area contributed by atoms with Gasteiger partial charge >= 0.3 is 0 Å². The second kappa shape index (κ2) is 7.22. The van der Waals surface area contributed by atoms with E-state index in [0.29, 0.717) is 12.1 Å². The first-order chi connectivity index (χ1) is 10.1.